The van der Waals surface area contributed by atoms with Gasteiger partial charge in [-0.25, -0.2) is 0 Å². The fourth-order valence-electron chi connectivity index (χ4n) is 0.980. The van der Waals surface area contributed by atoms with E-state index >= 15 is 0 Å². The largest absolute Gasteiger partial charge is 0.482 e. The van der Waals surface area contributed by atoms with Crippen LogP contribution in [0, 0.1) is 0 Å². The molecule has 0 spiro atoms. The van der Waals surface area contributed by atoms with E-state index in [1.807, 2.05) is 20.8 Å². The van der Waals surface area contributed by atoms with Crippen LogP contribution in [0.2, 0.25) is 0 Å². The molecular weight excluding hydrogens is 219 g/mol. The number of aromatic nitrogens is 1. The van der Waals surface area contributed by atoms with Gasteiger partial charge in [0, 0.05) is 6.20 Å². The molecule has 1 heterocycles. The van der Waals surface area contributed by atoms with Crippen LogP contribution in [0.5, 0.6) is 5.75 Å². The Kier molecular flexibility index (Phi) is 6.53. The molecule has 0 amide bonds. The Morgan fingerprint density at radius 2 is 1.94 bits per heavy atom. The minimum atomic E-state index is -4.30. The summed E-state index contributed by atoms with van der Waals surface area (Å²) in [4.78, 5) is 3.91. The first-order valence-corrected chi connectivity index (χ1v) is 5.16. The second-order valence-electron chi connectivity index (χ2n) is 2.71. The van der Waals surface area contributed by atoms with E-state index in [-0.39, 0.29) is 5.75 Å². The highest BCUT2D eigenvalue weighted by Gasteiger charge is 2.28. The van der Waals surface area contributed by atoms with Crippen LogP contribution in [0.1, 0.15) is 26.5 Å². The molecule has 0 aromatic carbocycles. The van der Waals surface area contributed by atoms with E-state index in [4.69, 9.17) is 0 Å². The molecule has 0 fully saturated rings. The molecule has 0 aliphatic rings. The molecule has 0 N–H and O–H groups in total. The second-order valence-corrected chi connectivity index (χ2v) is 2.71. The number of alkyl halides is 3. The van der Waals surface area contributed by atoms with Crippen LogP contribution in [0.15, 0.2) is 18.3 Å². The molecule has 0 unspecified atom stereocenters. The van der Waals surface area contributed by atoms with Crippen molar-refractivity contribution in [2.45, 2.75) is 33.4 Å². The lowest BCUT2D eigenvalue weighted by Crippen LogP contribution is -2.19. The number of hydrogen-bond donors (Lipinski definition) is 0. The van der Waals surface area contributed by atoms with Crippen LogP contribution >= 0.6 is 0 Å². The Morgan fingerprint density at radius 3 is 2.44 bits per heavy atom. The Morgan fingerprint density at radius 1 is 1.31 bits per heavy atom. The van der Waals surface area contributed by atoms with Crippen LogP contribution in [0.25, 0.3) is 0 Å². The lowest BCUT2D eigenvalue weighted by molar-refractivity contribution is -0.153. The molecule has 0 saturated carbocycles. The number of halogens is 3. The van der Waals surface area contributed by atoms with Gasteiger partial charge in [-0.3, -0.25) is 4.98 Å². The molecule has 1 rings (SSSR count). The van der Waals surface area contributed by atoms with Crippen molar-refractivity contribution in [1.29, 1.82) is 0 Å². The third-order valence-corrected chi connectivity index (χ3v) is 1.57. The van der Waals surface area contributed by atoms with Gasteiger partial charge in [0.25, 0.3) is 0 Å². The zero-order valence-electron chi connectivity index (χ0n) is 9.64. The van der Waals surface area contributed by atoms with E-state index in [1.165, 1.54) is 12.3 Å². The number of rotatable bonds is 3. The Balaban J connectivity index is 0.00000106. The lowest BCUT2D eigenvalue weighted by Gasteiger charge is -2.10. The maximum absolute atomic E-state index is 11.8. The summed E-state index contributed by atoms with van der Waals surface area (Å²) in [7, 11) is 0. The maximum Gasteiger partial charge on any atom is 0.422 e. The number of nitrogens with zero attached hydrogens (tertiary/aromatic N) is 1. The summed E-state index contributed by atoms with van der Waals surface area (Å²) in [5.41, 5.74) is 0.539. The van der Waals surface area contributed by atoms with Gasteiger partial charge >= 0.3 is 6.18 Å². The number of aryl methyl sites for hydroxylation is 1. The molecule has 0 radical (unpaired) electrons. The van der Waals surface area contributed by atoms with E-state index in [0.717, 1.165) is 0 Å². The highest BCUT2D eigenvalue weighted by Crippen LogP contribution is 2.20. The summed E-state index contributed by atoms with van der Waals surface area (Å²) < 4.78 is 40.1. The topological polar surface area (TPSA) is 22.1 Å². The van der Waals surface area contributed by atoms with E-state index < -0.39 is 12.8 Å². The minimum Gasteiger partial charge on any atom is -0.482 e. The predicted molar refractivity (Wildman–Crippen MR) is 56.5 cm³/mol. The van der Waals surface area contributed by atoms with Gasteiger partial charge in [0.15, 0.2) is 6.61 Å². The van der Waals surface area contributed by atoms with E-state index in [0.29, 0.717) is 12.1 Å². The lowest BCUT2D eigenvalue weighted by atomic mass is 10.3. The van der Waals surface area contributed by atoms with E-state index in [1.54, 1.807) is 6.07 Å². The van der Waals surface area contributed by atoms with Crippen molar-refractivity contribution in [2.75, 3.05) is 6.61 Å². The summed E-state index contributed by atoms with van der Waals surface area (Å²) in [6, 6.07) is 3.03. The van der Waals surface area contributed by atoms with Crippen molar-refractivity contribution in [3.63, 3.8) is 0 Å². The highest BCUT2D eigenvalue weighted by atomic mass is 19.4. The summed E-state index contributed by atoms with van der Waals surface area (Å²) in [5, 5.41) is 0. The summed E-state index contributed by atoms with van der Waals surface area (Å²) in [5.74, 6) is 0.201. The number of ether oxygens (including phenoxy) is 1. The smallest absolute Gasteiger partial charge is 0.422 e. The Hall–Kier alpha value is -1.26. The predicted octanol–water partition coefficient (Wildman–Crippen LogP) is 3.61. The Bertz CT molecular complexity index is 300. The van der Waals surface area contributed by atoms with Gasteiger partial charge in [-0.2, -0.15) is 13.2 Å². The zero-order chi connectivity index (χ0) is 12.6. The van der Waals surface area contributed by atoms with Gasteiger partial charge in [0.2, 0.25) is 0 Å². The Labute approximate surface area is 93.5 Å². The third-order valence-electron chi connectivity index (χ3n) is 1.57. The first kappa shape index (κ1) is 14.7. The van der Waals surface area contributed by atoms with Gasteiger partial charge in [0.05, 0.1) is 5.69 Å². The van der Waals surface area contributed by atoms with Crippen LogP contribution < -0.4 is 4.74 Å². The SMILES string of the molecule is CC.CCc1ncccc1OCC(F)(F)F. The standard InChI is InChI=1S/C9H10F3NO.C2H6/c1-2-7-8(4-3-5-13-7)14-6-9(10,11)12;1-2/h3-5H,2,6H2,1H3;1-2H3. The van der Waals surface area contributed by atoms with Crippen molar-refractivity contribution in [1.82, 2.24) is 4.98 Å². The van der Waals surface area contributed by atoms with Gasteiger partial charge < -0.3 is 4.74 Å². The van der Waals surface area contributed by atoms with Crippen LogP contribution in [-0.2, 0) is 6.42 Å². The van der Waals surface area contributed by atoms with Crippen molar-refractivity contribution >= 4 is 0 Å². The third kappa shape index (κ3) is 5.58. The molecule has 5 heteroatoms. The van der Waals surface area contributed by atoms with Gasteiger partial charge in [-0.15, -0.1) is 0 Å². The minimum absolute atomic E-state index is 0.201. The molecule has 0 atom stereocenters. The second kappa shape index (κ2) is 7.09. The molecule has 0 aliphatic carbocycles. The van der Waals surface area contributed by atoms with Crippen molar-refractivity contribution in [3.8, 4) is 5.75 Å². The molecule has 16 heavy (non-hydrogen) atoms. The van der Waals surface area contributed by atoms with Gasteiger partial charge in [-0.05, 0) is 18.6 Å². The zero-order valence-corrected chi connectivity index (χ0v) is 9.64. The average Bonchev–Trinajstić information content (AvgIpc) is 2.28. The molecule has 0 saturated heterocycles. The number of pyridine rings is 1. The van der Waals surface area contributed by atoms with Crippen molar-refractivity contribution < 1.29 is 17.9 Å². The first-order chi connectivity index (χ1) is 7.53. The van der Waals surface area contributed by atoms with E-state index in [2.05, 4.69) is 9.72 Å². The quantitative estimate of drug-likeness (QED) is 0.798. The molecule has 1 aromatic rings. The van der Waals surface area contributed by atoms with Crippen LogP contribution in [0.4, 0.5) is 13.2 Å². The van der Waals surface area contributed by atoms with Crippen LogP contribution in [-0.4, -0.2) is 17.8 Å². The van der Waals surface area contributed by atoms with Crippen molar-refractivity contribution in [3.05, 3.63) is 24.0 Å². The fraction of sp³-hybridized carbons (Fsp3) is 0.545. The summed E-state index contributed by atoms with van der Waals surface area (Å²) in [6.07, 6.45) is -2.23. The maximum atomic E-state index is 11.8. The molecule has 2 nitrogen and oxygen atoms in total. The monoisotopic (exact) mass is 235 g/mol. The highest BCUT2D eigenvalue weighted by molar-refractivity contribution is 5.26. The summed E-state index contributed by atoms with van der Waals surface area (Å²) >= 11 is 0. The van der Waals surface area contributed by atoms with Gasteiger partial charge in [0.1, 0.15) is 5.75 Å². The molecule has 1 aromatic heterocycles. The van der Waals surface area contributed by atoms with E-state index in [9.17, 15) is 13.2 Å². The summed E-state index contributed by atoms with van der Waals surface area (Å²) in [6.45, 7) is 4.54. The normalized spacial score (nSPS) is 10.4. The molecular formula is C11H16F3NO. The average molecular weight is 235 g/mol. The van der Waals surface area contributed by atoms with Crippen LogP contribution in [0.3, 0.4) is 0 Å². The fourth-order valence-corrected chi connectivity index (χ4v) is 0.980. The molecule has 92 valence electrons. The van der Waals surface area contributed by atoms with Crippen molar-refractivity contribution in [2.24, 2.45) is 0 Å². The number of hydrogen-bond acceptors (Lipinski definition) is 2. The molecule has 0 aliphatic heterocycles. The molecule has 0 bridgehead atoms. The van der Waals surface area contributed by atoms with Gasteiger partial charge in [-0.1, -0.05) is 20.8 Å². The first-order valence-electron chi connectivity index (χ1n) is 5.16.